The number of nitrogens with one attached hydrogen (secondary N) is 1. The van der Waals surface area contributed by atoms with Gasteiger partial charge in [-0.2, -0.15) is 0 Å². The topological polar surface area (TPSA) is 119 Å². The van der Waals surface area contributed by atoms with Gasteiger partial charge in [-0.05, 0) is 66.2 Å². The molecule has 0 aliphatic rings. The van der Waals surface area contributed by atoms with Gasteiger partial charge in [0.05, 0.1) is 21.6 Å². The Kier molecular flexibility index (Phi) is 8.95. The second kappa shape index (κ2) is 11.7. The summed E-state index contributed by atoms with van der Waals surface area (Å²) in [5.41, 5.74) is 0.155. The summed E-state index contributed by atoms with van der Waals surface area (Å²) in [5, 5.41) is 14.2. The van der Waals surface area contributed by atoms with E-state index < -0.39 is 22.2 Å². The number of benzene rings is 2. The Morgan fingerprint density at radius 2 is 1.85 bits per heavy atom. The second-order valence-electron chi connectivity index (χ2n) is 7.15. The minimum atomic E-state index is -4.10. The molecule has 182 valence electrons. The van der Waals surface area contributed by atoms with Gasteiger partial charge >= 0.3 is 6.09 Å². The zero-order valence-electron chi connectivity index (χ0n) is 17.9. The van der Waals surface area contributed by atoms with E-state index in [4.69, 9.17) is 39.5 Å². The van der Waals surface area contributed by atoms with Crippen molar-refractivity contribution in [2.75, 3.05) is 17.5 Å². The zero-order valence-corrected chi connectivity index (χ0v) is 21.0. The van der Waals surface area contributed by atoms with Crippen molar-refractivity contribution < 1.29 is 17.9 Å². The molecule has 1 unspecified atom stereocenters. The molecule has 1 amide bonds. The normalized spacial score (nSPS) is 12.2. The van der Waals surface area contributed by atoms with Gasteiger partial charge in [-0.3, -0.25) is 4.31 Å². The first-order valence-electron chi connectivity index (χ1n) is 10.0. The summed E-state index contributed by atoms with van der Waals surface area (Å²) in [4.78, 5) is 12.1. The number of ether oxygens (including phenoxy) is 1. The van der Waals surface area contributed by atoms with Gasteiger partial charge in [-0.1, -0.05) is 34.8 Å². The summed E-state index contributed by atoms with van der Waals surface area (Å²) < 4.78 is 34.9. The number of aromatic nitrogens is 4. The third kappa shape index (κ3) is 6.72. The predicted octanol–water partition coefficient (Wildman–Crippen LogP) is 4.03. The number of anilines is 1. The third-order valence-electron chi connectivity index (χ3n) is 4.60. The fourth-order valence-electron chi connectivity index (χ4n) is 3.01. The van der Waals surface area contributed by atoms with E-state index >= 15 is 0 Å². The molecule has 34 heavy (non-hydrogen) atoms. The number of rotatable bonds is 10. The van der Waals surface area contributed by atoms with Gasteiger partial charge in [0.1, 0.15) is 12.9 Å². The molecule has 0 saturated heterocycles. The van der Waals surface area contributed by atoms with E-state index in [2.05, 4.69) is 20.8 Å². The van der Waals surface area contributed by atoms with Crippen LogP contribution in [0.25, 0.3) is 0 Å². The van der Waals surface area contributed by atoms with E-state index in [1.165, 1.54) is 47.4 Å². The smallest absolute Gasteiger partial charge is 0.407 e. The van der Waals surface area contributed by atoms with Crippen molar-refractivity contribution >= 4 is 56.6 Å². The first-order valence-corrected chi connectivity index (χ1v) is 12.6. The lowest BCUT2D eigenvalue weighted by Gasteiger charge is -2.31. The van der Waals surface area contributed by atoms with Crippen LogP contribution in [0.4, 0.5) is 10.5 Å². The average Bonchev–Trinajstić information content (AvgIpc) is 3.31. The molecule has 1 atom stereocenters. The van der Waals surface area contributed by atoms with Crippen molar-refractivity contribution in [3.8, 4) is 0 Å². The minimum absolute atomic E-state index is 0.00755. The van der Waals surface area contributed by atoms with Gasteiger partial charge in [-0.25, -0.2) is 17.9 Å². The Morgan fingerprint density at radius 1 is 1.15 bits per heavy atom. The highest BCUT2D eigenvalue weighted by Gasteiger charge is 2.32. The van der Waals surface area contributed by atoms with Gasteiger partial charge in [-0.15, -0.1) is 5.10 Å². The highest BCUT2D eigenvalue weighted by atomic mass is 35.5. The number of hydrogen-bond acceptors (Lipinski definition) is 7. The van der Waals surface area contributed by atoms with E-state index in [-0.39, 0.29) is 22.2 Å². The number of aryl methyl sites for hydroxylation is 1. The summed E-state index contributed by atoms with van der Waals surface area (Å²) >= 11 is 18.3. The lowest BCUT2D eigenvalue weighted by atomic mass is 10.2. The maximum absolute atomic E-state index is 13.5. The molecule has 0 aliphatic heterocycles. The van der Waals surface area contributed by atoms with Gasteiger partial charge in [0.2, 0.25) is 0 Å². The summed E-state index contributed by atoms with van der Waals surface area (Å²) in [5.74, 6) is 0. The van der Waals surface area contributed by atoms with Crippen LogP contribution < -0.4 is 9.62 Å². The van der Waals surface area contributed by atoms with Crippen molar-refractivity contribution in [2.24, 2.45) is 0 Å². The molecule has 3 aromatic rings. The molecule has 0 saturated carbocycles. The number of amides is 1. The van der Waals surface area contributed by atoms with Crippen LogP contribution in [0.5, 0.6) is 0 Å². The molecule has 1 aromatic heterocycles. The monoisotopic (exact) mass is 546 g/mol. The molecule has 0 fully saturated rings. The number of carbonyl (C=O) groups is 1. The fourth-order valence-corrected chi connectivity index (χ4v) is 5.21. The molecule has 0 spiro atoms. The van der Waals surface area contributed by atoms with Crippen LogP contribution in [0.2, 0.25) is 15.1 Å². The standard InChI is InChI=1S/C20H21Cl3N6O4S/c1-14(12-33-20(30)24-9-2-10-28-13-25-26-27-28)29(19-11-16(22)5-8-18(19)23)34(31,32)17-6-3-15(21)4-7-17/h3-8,11,13-14H,2,9-10,12H2,1H3,(H,24,30). The van der Waals surface area contributed by atoms with Crippen LogP contribution in [0.15, 0.2) is 53.7 Å². The molecule has 10 nitrogen and oxygen atoms in total. The number of nitrogens with zero attached hydrogens (tertiary/aromatic N) is 5. The lowest BCUT2D eigenvalue weighted by molar-refractivity contribution is 0.141. The molecule has 1 heterocycles. The van der Waals surface area contributed by atoms with Crippen LogP contribution in [-0.4, -0.2) is 53.9 Å². The maximum Gasteiger partial charge on any atom is 0.407 e. The highest BCUT2D eigenvalue weighted by molar-refractivity contribution is 7.92. The van der Waals surface area contributed by atoms with E-state index in [9.17, 15) is 13.2 Å². The summed E-state index contributed by atoms with van der Waals surface area (Å²) in [6, 6.07) is 9.36. The van der Waals surface area contributed by atoms with Crippen molar-refractivity contribution in [1.29, 1.82) is 0 Å². The molecule has 1 N–H and O–H groups in total. The molecule has 0 radical (unpaired) electrons. The maximum atomic E-state index is 13.5. The number of sulfonamides is 1. The van der Waals surface area contributed by atoms with E-state index in [1.54, 1.807) is 13.0 Å². The van der Waals surface area contributed by atoms with Gasteiger partial charge < -0.3 is 10.1 Å². The molecular weight excluding hydrogens is 527 g/mol. The Labute approximate surface area is 211 Å². The number of halogens is 3. The van der Waals surface area contributed by atoms with Crippen LogP contribution in [-0.2, 0) is 21.3 Å². The number of tetrazole rings is 1. The fraction of sp³-hybridized carbons (Fsp3) is 0.300. The van der Waals surface area contributed by atoms with E-state index in [1.807, 2.05) is 0 Å². The second-order valence-corrected chi connectivity index (χ2v) is 10.2. The van der Waals surface area contributed by atoms with E-state index in [0.717, 1.165) is 4.31 Å². The largest absolute Gasteiger partial charge is 0.447 e. The molecule has 0 aliphatic carbocycles. The minimum Gasteiger partial charge on any atom is -0.447 e. The van der Waals surface area contributed by atoms with Crippen molar-refractivity contribution in [3.05, 3.63) is 63.9 Å². The van der Waals surface area contributed by atoms with E-state index in [0.29, 0.717) is 29.6 Å². The van der Waals surface area contributed by atoms with Gasteiger partial charge in [0, 0.05) is 23.1 Å². The van der Waals surface area contributed by atoms with Gasteiger partial charge in [0.25, 0.3) is 10.0 Å². The molecule has 14 heteroatoms. The highest BCUT2D eigenvalue weighted by Crippen LogP contribution is 2.34. The Bertz CT molecular complexity index is 1210. The molecule has 0 bridgehead atoms. The third-order valence-corrected chi connectivity index (χ3v) is 7.35. The summed E-state index contributed by atoms with van der Waals surface area (Å²) in [6.45, 7) is 2.19. The Morgan fingerprint density at radius 3 is 2.53 bits per heavy atom. The quantitative estimate of drug-likeness (QED) is 0.381. The Hall–Kier alpha value is -2.60. The van der Waals surface area contributed by atoms with Crippen LogP contribution in [0, 0.1) is 0 Å². The van der Waals surface area contributed by atoms with Crippen LogP contribution in [0.3, 0.4) is 0 Å². The van der Waals surface area contributed by atoms with Crippen LogP contribution in [0.1, 0.15) is 13.3 Å². The number of alkyl carbamates (subject to hydrolysis) is 1. The average molecular weight is 548 g/mol. The molecule has 2 aromatic carbocycles. The predicted molar refractivity (Wildman–Crippen MR) is 129 cm³/mol. The molecular formula is C20H21Cl3N6O4S. The zero-order chi connectivity index (χ0) is 24.7. The summed E-state index contributed by atoms with van der Waals surface area (Å²) in [6.07, 6.45) is 1.35. The van der Waals surface area contributed by atoms with Gasteiger partial charge in [0.15, 0.2) is 0 Å². The van der Waals surface area contributed by atoms with Crippen molar-refractivity contribution in [3.63, 3.8) is 0 Å². The number of hydrogen-bond donors (Lipinski definition) is 1. The molecule has 3 rings (SSSR count). The first-order chi connectivity index (χ1) is 16.2. The van der Waals surface area contributed by atoms with Crippen molar-refractivity contribution in [1.82, 2.24) is 25.5 Å². The van der Waals surface area contributed by atoms with Crippen molar-refractivity contribution in [2.45, 2.75) is 30.8 Å². The number of carbonyl (C=O) groups excluding carboxylic acids is 1. The summed E-state index contributed by atoms with van der Waals surface area (Å²) in [7, 11) is -4.10. The lowest BCUT2D eigenvalue weighted by Crippen LogP contribution is -2.42. The van der Waals surface area contributed by atoms with Crippen LogP contribution >= 0.6 is 34.8 Å². The SMILES string of the molecule is CC(COC(=O)NCCCn1cnnn1)N(c1cc(Cl)ccc1Cl)S(=O)(=O)c1ccc(Cl)cc1. The Balaban J connectivity index is 1.72. The first kappa shape index (κ1) is 26.0.